The number of likely N-dealkylation sites (N-methyl/N-ethyl adjacent to an activating group) is 1. The van der Waals surface area contributed by atoms with Gasteiger partial charge in [0, 0.05) is 12.8 Å². The van der Waals surface area contributed by atoms with Gasteiger partial charge in [-0.15, -0.1) is 0 Å². The second-order valence-electron chi connectivity index (χ2n) is 23.0. The lowest BCUT2D eigenvalue weighted by atomic mass is 10.0. The van der Waals surface area contributed by atoms with Crippen molar-refractivity contribution in [3.05, 3.63) is 24.3 Å². The average molecular weight is 1050 g/mol. The third-order valence-corrected chi connectivity index (χ3v) is 14.4. The first-order valence-corrected chi connectivity index (χ1v) is 32.0. The fraction of sp³-hybridized carbons (Fsp3) is 0.892. The van der Waals surface area contributed by atoms with E-state index in [1.807, 2.05) is 21.1 Å². The second-order valence-corrected chi connectivity index (χ2v) is 23.0. The molecule has 0 aliphatic rings. The highest BCUT2D eigenvalue weighted by Crippen LogP contribution is 2.18. The summed E-state index contributed by atoms with van der Waals surface area (Å²) in [6.07, 6.45) is 65.5. The zero-order chi connectivity index (χ0) is 54.1. The quantitative estimate of drug-likeness (QED) is 0.0195. The molecule has 0 rings (SSSR count). The van der Waals surface area contributed by atoms with Gasteiger partial charge in [0.1, 0.15) is 13.2 Å². The maximum atomic E-state index is 12.9. The SMILES string of the molecule is CCCCCCC/C=C\CCCCCCCC(=O)OCC(COC(OCC[N+](C)(C)C)C(=O)[O-])OC(=O)CCCCCCCCCCCCCCCCCCCCCCCCC/C=C\CCCCCCCCCC. The van der Waals surface area contributed by atoms with Crippen molar-refractivity contribution in [2.24, 2.45) is 0 Å². The Balaban J connectivity index is 3.99. The number of hydrogen-bond donors (Lipinski definition) is 0. The Bertz CT molecular complexity index is 1260. The van der Waals surface area contributed by atoms with Crippen LogP contribution in [0.1, 0.15) is 316 Å². The fourth-order valence-electron chi connectivity index (χ4n) is 9.47. The van der Waals surface area contributed by atoms with Crippen molar-refractivity contribution in [2.75, 3.05) is 47.5 Å². The molecule has 436 valence electrons. The number of quaternary nitrogens is 1. The molecule has 2 unspecified atom stereocenters. The van der Waals surface area contributed by atoms with Crippen LogP contribution in [0.15, 0.2) is 24.3 Å². The van der Waals surface area contributed by atoms with E-state index in [-0.39, 0.29) is 38.6 Å². The Morgan fingerprint density at radius 2 is 0.689 bits per heavy atom. The summed E-state index contributed by atoms with van der Waals surface area (Å²) in [5, 5.41) is 11.8. The number of ether oxygens (including phenoxy) is 4. The van der Waals surface area contributed by atoms with Crippen molar-refractivity contribution >= 4 is 17.9 Å². The topological polar surface area (TPSA) is 111 Å². The Kier molecular flexibility index (Phi) is 55.2. The van der Waals surface area contributed by atoms with Gasteiger partial charge in [0.25, 0.3) is 0 Å². The highest BCUT2D eigenvalue weighted by Gasteiger charge is 2.22. The van der Waals surface area contributed by atoms with Gasteiger partial charge in [-0.2, -0.15) is 0 Å². The number of carboxylic acids is 1. The van der Waals surface area contributed by atoms with Crippen molar-refractivity contribution in [1.29, 1.82) is 0 Å². The third kappa shape index (κ3) is 57.5. The van der Waals surface area contributed by atoms with Crippen LogP contribution in [-0.2, 0) is 33.3 Å². The lowest BCUT2D eigenvalue weighted by Crippen LogP contribution is -2.44. The Morgan fingerprint density at radius 1 is 0.392 bits per heavy atom. The lowest BCUT2D eigenvalue weighted by molar-refractivity contribution is -0.870. The van der Waals surface area contributed by atoms with Gasteiger partial charge >= 0.3 is 11.9 Å². The molecule has 0 saturated heterocycles. The van der Waals surface area contributed by atoms with Crippen LogP contribution in [0.4, 0.5) is 0 Å². The fourth-order valence-corrected chi connectivity index (χ4v) is 9.47. The van der Waals surface area contributed by atoms with Crippen LogP contribution in [0.5, 0.6) is 0 Å². The van der Waals surface area contributed by atoms with Crippen molar-refractivity contribution < 1.29 is 42.9 Å². The Labute approximate surface area is 458 Å². The van der Waals surface area contributed by atoms with Gasteiger partial charge in [0.05, 0.1) is 40.3 Å². The van der Waals surface area contributed by atoms with Crippen LogP contribution in [-0.4, -0.2) is 82.3 Å². The van der Waals surface area contributed by atoms with Crippen LogP contribution in [0.2, 0.25) is 0 Å². The van der Waals surface area contributed by atoms with Gasteiger partial charge in [-0.3, -0.25) is 9.59 Å². The lowest BCUT2D eigenvalue weighted by Gasteiger charge is -2.26. The molecule has 0 N–H and O–H groups in total. The molecule has 2 atom stereocenters. The van der Waals surface area contributed by atoms with Crippen LogP contribution >= 0.6 is 0 Å². The molecule has 9 nitrogen and oxygen atoms in total. The molecule has 0 aliphatic carbocycles. The molecule has 9 heteroatoms. The van der Waals surface area contributed by atoms with Crippen molar-refractivity contribution in [3.8, 4) is 0 Å². The average Bonchev–Trinajstić information content (AvgIpc) is 3.37. The predicted molar refractivity (Wildman–Crippen MR) is 311 cm³/mol. The van der Waals surface area contributed by atoms with Crippen molar-refractivity contribution in [3.63, 3.8) is 0 Å². The monoisotopic (exact) mass is 1050 g/mol. The summed E-state index contributed by atoms with van der Waals surface area (Å²) < 4.78 is 22.7. The van der Waals surface area contributed by atoms with Crippen LogP contribution < -0.4 is 5.11 Å². The number of carbonyl (C=O) groups excluding carboxylic acids is 3. The van der Waals surface area contributed by atoms with E-state index in [0.29, 0.717) is 11.0 Å². The van der Waals surface area contributed by atoms with E-state index in [4.69, 9.17) is 18.9 Å². The highest BCUT2D eigenvalue weighted by molar-refractivity contribution is 5.70. The minimum atomic E-state index is -1.62. The van der Waals surface area contributed by atoms with Crippen molar-refractivity contribution in [2.45, 2.75) is 328 Å². The smallest absolute Gasteiger partial charge is 0.306 e. The molecule has 74 heavy (non-hydrogen) atoms. The number of rotatable bonds is 60. The van der Waals surface area contributed by atoms with Crippen LogP contribution in [0.25, 0.3) is 0 Å². The number of esters is 2. The standard InChI is InChI=1S/C65H123NO8/c1-6-8-10-12-14-16-18-20-22-23-24-25-26-27-28-29-30-31-32-33-34-35-36-37-38-39-40-41-42-44-46-48-50-52-54-56-63(68)74-61(60-73-65(64(69)70)71-58-57-66(3,4)5)59-72-62(67)55-53-51-49-47-45-43-21-19-17-15-13-11-9-7-2/h19,21,23-24,61,65H,6-18,20,22,25-60H2,1-5H3/b21-19-,24-23-. The maximum absolute atomic E-state index is 12.9. The highest BCUT2D eigenvalue weighted by atomic mass is 16.7. The number of allylic oxidation sites excluding steroid dienone is 4. The number of carboxylic acid groups (broad SMARTS) is 1. The molecule has 0 radical (unpaired) electrons. The number of hydrogen-bond acceptors (Lipinski definition) is 8. The van der Waals surface area contributed by atoms with Gasteiger partial charge in [-0.25, -0.2) is 0 Å². The van der Waals surface area contributed by atoms with Gasteiger partial charge in [0.2, 0.25) is 0 Å². The van der Waals surface area contributed by atoms with E-state index in [1.165, 1.54) is 231 Å². The summed E-state index contributed by atoms with van der Waals surface area (Å²) in [5.74, 6) is -2.27. The molecule has 0 aromatic rings. The van der Waals surface area contributed by atoms with E-state index < -0.39 is 24.3 Å². The van der Waals surface area contributed by atoms with E-state index >= 15 is 0 Å². The first-order valence-electron chi connectivity index (χ1n) is 32.0. The van der Waals surface area contributed by atoms with Gasteiger partial charge in [-0.05, 0) is 64.2 Å². The molecule has 0 aliphatic heterocycles. The Morgan fingerprint density at radius 3 is 1.00 bits per heavy atom. The number of unbranched alkanes of at least 4 members (excludes halogenated alkanes) is 41. The maximum Gasteiger partial charge on any atom is 0.306 e. The molecule has 0 aromatic heterocycles. The minimum absolute atomic E-state index is 0.149. The number of aliphatic carboxylic acids is 1. The summed E-state index contributed by atoms with van der Waals surface area (Å²) in [5.41, 5.74) is 0. The first-order chi connectivity index (χ1) is 36.1. The zero-order valence-electron chi connectivity index (χ0n) is 49.7. The predicted octanol–water partition coefficient (Wildman–Crippen LogP) is 17.7. The van der Waals surface area contributed by atoms with Gasteiger partial charge in [0.15, 0.2) is 12.4 Å². The van der Waals surface area contributed by atoms with E-state index in [9.17, 15) is 19.5 Å². The molecule has 0 spiro atoms. The summed E-state index contributed by atoms with van der Waals surface area (Å²) >= 11 is 0. The van der Waals surface area contributed by atoms with E-state index in [2.05, 4.69) is 38.2 Å². The summed E-state index contributed by atoms with van der Waals surface area (Å²) in [4.78, 5) is 37.3. The Hall–Kier alpha value is -2.23. The zero-order valence-corrected chi connectivity index (χ0v) is 49.7. The largest absolute Gasteiger partial charge is 0.545 e. The minimum Gasteiger partial charge on any atom is -0.545 e. The van der Waals surface area contributed by atoms with Gasteiger partial charge in [-0.1, -0.05) is 263 Å². The van der Waals surface area contributed by atoms with E-state index in [1.54, 1.807) is 0 Å². The first kappa shape index (κ1) is 71.8. The molecule has 0 fully saturated rings. The molecule has 0 aromatic carbocycles. The number of carbonyl (C=O) groups is 3. The summed E-state index contributed by atoms with van der Waals surface area (Å²) in [7, 11) is 5.93. The van der Waals surface area contributed by atoms with Crippen molar-refractivity contribution in [1.82, 2.24) is 0 Å². The normalized spacial score (nSPS) is 12.8. The second kappa shape index (κ2) is 57.0. The number of nitrogens with zero attached hydrogens (tertiary/aromatic N) is 1. The third-order valence-electron chi connectivity index (χ3n) is 14.4. The molecule has 0 heterocycles. The molecule has 0 amide bonds. The van der Waals surface area contributed by atoms with Crippen LogP contribution in [0.3, 0.4) is 0 Å². The molecular formula is C65H123NO8. The van der Waals surface area contributed by atoms with E-state index in [0.717, 1.165) is 57.8 Å². The molecular weight excluding hydrogens is 923 g/mol. The molecule has 0 bridgehead atoms. The van der Waals surface area contributed by atoms with Gasteiger partial charge < -0.3 is 33.3 Å². The van der Waals surface area contributed by atoms with Crippen LogP contribution in [0, 0.1) is 0 Å². The molecule has 0 saturated carbocycles. The summed E-state index contributed by atoms with van der Waals surface area (Å²) in [6.45, 7) is 4.77. The summed E-state index contributed by atoms with van der Waals surface area (Å²) in [6, 6.07) is 0.